The van der Waals surface area contributed by atoms with Crippen LogP contribution in [0.25, 0.3) is 33.4 Å². The summed E-state index contributed by atoms with van der Waals surface area (Å²) in [5, 5.41) is 95.0. The molecule has 115 heavy (non-hydrogen) atoms. The molecule has 6 aromatic rings. The van der Waals surface area contributed by atoms with Crippen LogP contribution in [0.1, 0.15) is 97.0 Å². The quantitative estimate of drug-likeness (QED) is 0.00363. The molecule has 0 bridgehead atoms. The Bertz CT molecular complexity index is 4880. The molecule has 3 aliphatic carbocycles. The van der Waals surface area contributed by atoms with E-state index in [2.05, 4.69) is 63.9 Å². The number of rotatable bonds is 38. The number of methoxy groups -OCH3 is 2. The number of carbonyl (C=O) groups is 5. The van der Waals surface area contributed by atoms with Gasteiger partial charge in [-0.25, -0.2) is 9.37 Å². The van der Waals surface area contributed by atoms with Gasteiger partial charge in [0.2, 0.25) is 17.2 Å². The Morgan fingerprint density at radius 1 is 0.730 bits per heavy atom. The number of hydrogen-bond acceptors (Lipinski definition) is 26. The van der Waals surface area contributed by atoms with E-state index in [0.717, 1.165) is 42.4 Å². The van der Waals surface area contributed by atoms with E-state index in [0.29, 0.717) is 143 Å². The molecule has 1 unspecified atom stereocenters. The molecule has 4 amide bonds. The molecule has 0 radical (unpaired) electrons. The first-order chi connectivity index (χ1) is 55.5. The fourth-order valence-electron chi connectivity index (χ4n) is 13.9. The normalized spacial score (nSPS) is 18.6. The summed E-state index contributed by atoms with van der Waals surface area (Å²) in [7, 11) is 12.5. The van der Waals surface area contributed by atoms with Crippen LogP contribution < -0.4 is 55.6 Å². The SMILES string of the molecule is COc1cc(N=Nc2ccc([N+](=O)[O-])cc2)c(OC)cc1N=Nc1ccc(N(C)CCCC(=O)NCCCO[C@@H]2O[C@H](COCc3cn(CCCNC(=O)[C@@H](CCCCNC(=O)OCC4[C@H]5CCC#CCC[C@@H]45)NC(=O)c4ccc(-c5c6ccc(=[N+](C)C)cc-6oc6cc(N(C)C)ccc56)c(C(=O)[O-])c4)nn3)[C@@H](O)[C@H](O)[C@H]2O)cc1. The highest BCUT2D eigenvalue weighted by Gasteiger charge is 2.49. The highest BCUT2D eigenvalue weighted by Crippen LogP contribution is 2.52. The molecule has 5 aromatic carbocycles. The van der Waals surface area contributed by atoms with E-state index in [9.17, 15) is 54.5 Å². The number of aliphatic hydroxyl groups is 3. The number of amides is 4. The first-order valence-corrected chi connectivity index (χ1v) is 38.2. The molecule has 7 N–H and O–H groups in total. The maximum atomic E-state index is 14.3. The second kappa shape index (κ2) is 40.3. The van der Waals surface area contributed by atoms with Crippen LogP contribution in [0.15, 0.2) is 146 Å². The van der Waals surface area contributed by atoms with Crippen molar-refractivity contribution in [2.45, 2.75) is 121 Å². The highest BCUT2D eigenvalue weighted by molar-refractivity contribution is 6.09. The lowest BCUT2D eigenvalue weighted by atomic mass is 9.89. The number of carboxylic acids is 1. The van der Waals surface area contributed by atoms with Crippen LogP contribution in [-0.2, 0) is 41.7 Å². The monoisotopic (exact) mass is 1580 g/mol. The van der Waals surface area contributed by atoms with Gasteiger partial charge in [-0.2, -0.15) is 10.2 Å². The molecule has 608 valence electrons. The van der Waals surface area contributed by atoms with Crippen LogP contribution in [0.4, 0.5) is 44.6 Å². The number of aliphatic hydroxyl groups excluding tert-OH is 3. The summed E-state index contributed by atoms with van der Waals surface area (Å²) in [6.07, 6.45) is 0.244. The number of azo groups is 2. The molecule has 11 rings (SSSR count). The lowest BCUT2D eigenvalue weighted by molar-refractivity contribution is -0.384. The standard InChI is InChI=1S/C82H97N15O18/c1-93(2)56-30-33-61-68(42-56)114-69-43-57(94(3)4)31-34-62(69)74(61)60-32-21-50(41-63(60)80(104)105)78(102)86-65(19-12-13-35-85-82(106)113-48-64-58-17-10-8-9-11-18-59(58)64)79(103)84-36-15-39-96-46-53(89-92-96)47-111-49-72-75(99)76(100)77(101)81(115-72)112-40-16-37-83-73(98)20-14-38-95(5)54-26-22-51(23-27-54)87-90-66-44-71(110-7)67(45-70(66)109-6)91-88-52-24-28-55(29-25-52)97(107)108/h21-34,41-46,58-59,64-65,72,75-77,81,99-101H,10-20,35-40,47-49H2,1-7H3,(H4-,83,84,85,86,98,102,103,104,105,106)/t58-,59+,64?,65-,72-,75-,76+,77-,81-/m1/s1. The largest absolute Gasteiger partial charge is 0.545 e. The molecule has 2 fully saturated rings. The van der Waals surface area contributed by atoms with E-state index in [1.807, 2.05) is 98.1 Å². The van der Waals surface area contributed by atoms with Crippen molar-refractivity contribution < 1.29 is 82.2 Å². The number of anilines is 2. The molecule has 33 nitrogen and oxygen atoms in total. The van der Waals surface area contributed by atoms with Gasteiger partial charge in [-0.1, -0.05) is 11.3 Å². The smallest absolute Gasteiger partial charge is 0.407 e. The molecule has 3 heterocycles. The predicted molar refractivity (Wildman–Crippen MR) is 423 cm³/mol. The number of hydrogen-bond donors (Lipinski definition) is 7. The number of nitrogens with one attached hydrogen (secondary N) is 4. The summed E-state index contributed by atoms with van der Waals surface area (Å²) >= 11 is 0. The number of aromatic nitrogens is 3. The molecule has 1 saturated carbocycles. The van der Waals surface area contributed by atoms with E-state index in [4.69, 9.17) is 32.8 Å². The summed E-state index contributed by atoms with van der Waals surface area (Å²) in [4.78, 5) is 81.6. The minimum absolute atomic E-state index is 0.0210. The van der Waals surface area contributed by atoms with Crippen LogP contribution in [0, 0.1) is 39.7 Å². The van der Waals surface area contributed by atoms with Gasteiger partial charge in [0, 0.05) is 149 Å². The van der Waals surface area contributed by atoms with Gasteiger partial charge in [0.25, 0.3) is 11.6 Å². The van der Waals surface area contributed by atoms with Crippen LogP contribution in [0.2, 0.25) is 0 Å². The summed E-state index contributed by atoms with van der Waals surface area (Å²) in [6, 6.07) is 30.8. The number of carboxylic acid groups (broad SMARTS) is 1. The zero-order chi connectivity index (χ0) is 81.7. The zero-order valence-corrected chi connectivity index (χ0v) is 65.3. The van der Waals surface area contributed by atoms with E-state index in [-0.39, 0.29) is 75.0 Å². The van der Waals surface area contributed by atoms with Crippen molar-refractivity contribution in [3.63, 3.8) is 0 Å². The second-order valence-electron chi connectivity index (χ2n) is 28.8. The van der Waals surface area contributed by atoms with Crippen molar-refractivity contribution in [3.05, 3.63) is 154 Å². The lowest BCUT2D eigenvalue weighted by Crippen LogP contribution is -2.59. The maximum absolute atomic E-state index is 14.3. The summed E-state index contributed by atoms with van der Waals surface area (Å²) in [5.74, 6) is 6.11. The van der Waals surface area contributed by atoms with Gasteiger partial charge in [0.15, 0.2) is 6.29 Å². The molecular formula is C82H97N15O18. The van der Waals surface area contributed by atoms with Gasteiger partial charge in [-0.05, 0) is 141 Å². The van der Waals surface area contributed by atoms with Crippen molar-refractivity contribution in [3.8, 4) is 45.8 Å². The highest BCUT2D eigenvalue weighted by atomic mass is 16.7. The van der Waals surface area contributed by atoms with Crippen LogP contribution in [0.3, 0.4) is 0 Å². The third kappa shape index (κ3) is 22.6. The topological polar surface area (TPSA) is 419 Å². The number of carbonyl (C=O) groups excluding carboxylic acids is 5. The minimum atomic E-state index is -1.62. The first-order valence-electron chi connectivity index (χ1n) is 38.2. The van der Waals surface area contributed by atoms with Crippen molar-refractivity contribution in [2.24, 2.45) is 38.2 Å². The number of unbranched alkanes of at least 4 members (excludes halogenated alkanes) is 1. The number of fused-ring (bicyclic) bond motifs is 3. The van der Waals surface area contributed by atoms with Gasteiger partial charge in [0.05, 0.1) is 75.2 Å². The third-order valence-electron chi connectivity index (χ3n) is 20.4. The number of nitrogens with zero attached hydrogens (tertiary/aromatic N) is 11. The summed E-state index contributed by atoms with van der Waals surface area (Å²) in [5.41, 5.74) is 5.53. The molecule has 2 aliphatic heterocycles. The molecule has 1 aromatic heterocycles. The fourth-order valence-corrected chi connectivity index (χ4v) is 13.9. The summed E-state index contributed by atoms with van der Waals surface area (Å²) in [6.45, 7) is 1.64. The Balaban J connectivity index is 0.610. The molecule has 5 aliphatic rings. The van der Waals surface area contributed by atoms with Crippen molar-refractivity contribution in [1.29, 1.82) is 0 Å². The number of benzene rings is 6. The van der Waals surface area contributed by atoms with Gasteiger partial charge in [-0.3, -0.25) is 29.2 Å². The van der Waals surface area contributed by atoms with Crippen LogP contribution in [-0.4, -0.2) is 197 Å². The number of non-ortho nitro benzene ring substituents is 1. The Hall–Kier alpha value is -11.8. The average Bonchev–Trinajstić information content (AvgIpc) is 0.997. The van der Waals surface area contributed by atoms with Gasteiger partial charge in [-0.15, -0.1) is 27.2 Å². The molecule has 1 saturated heterocycles. The fraction of sp³-hybridized carbons (Fsp3) is 0.439. The maximum Gasteiger partial charge on any atom is 0.407 e. The Labute approximate surface area is 664 Å². The predicted octanol–water partition coefficient (Wildman–Crippen LogP) is 8.42. The zero-order valence-electron chi connectivity index (χ0n) is 65.3. The lowest BCUT2D eigenvalue weighted by Gasteiger charge is -2.40. The minimum Gasteiger partial charge on any atom is -0.545 e. The molecule has 33 heteroatoms. The Morgan fingerprint density at radius 2 is 1.40 bits per heavy atom. The van der Waals surface area contributed by atoms with Crippen molar-refractivity contribution >= 4 is 80.6 Å². The number of ether oxygens (including phenoxy) is 6. The third-order valence-corrected chi connectivity index (χ3v) is 20.4. The van der Waals surface area contributed by atoms with E-state index in [1.54, 1.807) is 41.2 Å². The second-order valence-corrected chi connectivity index (χ2v) is 28.8. The van der Waals surface area contributed by atoms with E-state index >= 15 is 0 Å². The number of nitro groups is 1. The van der Waals surface area contributed by atoms with Crippen LogP contribution in [0.5, 0.6) is 11.5 Å². The van der Waals surface area contributed by atoms with E-state index in [1.165, 1.54) is 50.6 Å². The van der Waals surface area contributed by atoms with Gasteiger partial charge >= 0.3 is 6.09 Å². The Morgan fingerprint density at radius 3 is 2.07 bits per heavy atom. The summed E-state index contributed by atoms with van der Waals surface area (Å²) < 4.78 is 44.1. The van der Waals surface area contributed by atoms with Gasteiger partial charge in [0.1, 0.15) is 84.5 Å². The average molecular weight is 1580 g/mol. The first kappa shape index (κ1) is 84.1. The van der Waals surface area contributed by atoms with E-state index < -0.39 is 65.5 Å². The molecule has 0 spiro atoms. The van der Waals surface area contributed by atoms with Crippen molar-refractivity contribution in [1.82, 2.24) is 40.8 Å². The van der Waals surface area contributed by atoms with Crippen LogP contribution >= 0.6 is 0 Å². The van der Waals surface area contributed by atoms with Crippen molar-refractivity contribution in [2.75, 3.05) is 105 Å². The number of aryl methyl sites for hydroxylation is 1. The number of alkyl carbamates (subject to hydrolysis) is 1. The Kier molecular flexibility index (Phi) is 29.5. The number of aromatic carboxylic acids is 1. The molecular weight excluding hydrogens is 1480 g/mol. The number of nitro benzene ring substituents is 1. The molecule has 9 atom stereocenters. The van der Waals surface area contributed by atoms with Gasteiger partial charge < -0.3 is 89.1 Å².